The Balaban J connectivity index is 2.66. The average Bonchev–Trinajstić information content (AvgIpc) is 2.67. The summed E-state index contributed by atoms with van der Waals surface area (Å²) in [6.45, 7) is 0. The molecule has 0 heterocycles. The number of hydrogen-bond donors (Lipinski definition) is 0. The van der Waals surface area contributed by atoms with Crippen molar-refractivity contribution < 1.29 is 0 Å². The zero-order valence-electron chi connectivity index (χ0n) is 12.6. The predicted molar refractivity (Wildman–Crippen MR) is 157 cm³/mol. The molecule has 130 valence electrons. The van der Waals surface area contributed by atoms with Crippen molar-refractivity contribution in [3.63, 3.8) is 0 Å². The van der Waals surface area contributed by atoms with Crippen molar-refractivity contribution in [2.75, 3.05) is 0 Å². The molecule has 0 spiro atoms. The SMILES string of the molecule is ISC#Cc1ccc2c(c1C#CSI)C=CC(C#CSI)C2C#CSI. The molecule has 0 aromatic heterocycles. The van der Waals surface area contributed by atoms with Gasteiger partial charge in [0.1, 0.15) is 0 Å². The van der Waals surface area contributed by atoms with Gasteiger partial charge in [0.25, 0.3) is 0 Å². The van der Waals surface area contributed by atoms with Crippen molar-refractivity contribution >= 4 is 127 Å². The monoisotopic (exact) mass is 858 g/mol. The summed E-state index contributed by atoms with van der Waals surface area (Å²) in [5, 5.41) is 12.4. The van der Waals surface area contributed by atoms with E-state index in [-0.39, 0.29) is 11.8 Å². The fourth-order valence-electron chi connectivity index (χ4n) is 2.45. The summed E-state index contributed by atoms with van der Waals surface area (Å²) in [4.78, 5) is 0. The largest absolute Gasteiger partial charge is 0.0812 e. The van der Waals surface area contributed by atoms with Gasteiger partial charge in [-0.1, -0.05) is 41.9 Å². The van der Waals surface area contributed by atoms with E-state index in [0.29, 0.717) is 0 Å². The quantitative estimate of drug-likeness (QED) is 0.190. The molecule has 0 N–H and O–H groups in total. The molecule has 0 bridgehead atoms. The van der Waals surface area contributed by atoms with Crippen LogP contribution in [0.1, 0.15) is 28.2 Å². The average molecular weight is 858 g/mol. The second-order valence-corrected chi connectivity index (χ2v) is 11.3. The van der Waals surface area contributed by atoms with Crippen LogP contribution in [-0.4, -0.2) is 0 Å². The normalized spacial score (nSPS) is 16.5. The van der Waals surface area contributed by atoms with Crippen LogP contribution >= 0.6 is 121 Å². The Morgan fingerprint density at radius 1 is 0.769 bits per heavy atom. The number of rotatable bonds is 0. The van der Waals surface area contributed by atoms with Crippen LogP contribution in [0.25, 0.3) is 6.08 Å². The minimum atomic E-state index is 0.0436. The van der Waals surface area contributed by atoms with E-state index < -0.39 is 0 Å². The zero-order chi connectivity index (χ0) is 18.8. The maximum Gasteiger partial charge on any atom is 0.0640 e. The number of allylic oxidation sites excluding steroid dienone is 1. The number of benzene rings is 1. The third-order valence-corrected chi connectivity index (χ3v) is 6.79. The van der Waals surface area contributed by atoms with E-state index in [1.165, 1.54) is 41.3 Å². The van der Waals surface area contributed by atoms with Crippen molar-refractivity contribution in [2.24, 2.45) is 5.92 Å². The Bertz CT molecular complexity index is 943. The number of fused-ring (bicyclic) bond motifs is 1. The van der Waals surface area contributed by atoms with E-state index in [9.17, 15) is 0 Å². The van der Waals surface area contributed by atoms with E-state index in [0.717, 1.165) is 16.7 Å². The van der Waals surface area contributed by atoms with Gasteiger partial charge in [0.2, 0.25) is 0 Å². The highest BCUT2D eigenvalue weighted by molar-refractivity contribution is 14.2. The Morgan fingerprint density at radius 2 is 1.42 bits per heavy atom. The highest BCUT2D eigenvalue weighted by atomic mass is 127. The van der Waals surface area contributed by atoms with Crippen molar-refractivity contribution in [1.82, 2.24) is 0 Å². The van der Waals surface area contributed by atoms with Crippen molar-refractivity contribution in [2.45, 2.75) is 5.92 Å². The molecule has 2 rings (SSSR count). The van der Waals surface area contributed by atoms with Crippen molar-refractivity contribution in [3.05, 3.63) is 40.5 Å². The lowest BCUT2D eigenvalue weighted by Gasteiger charge is -2.24. The van der Waals surface area contributed by atoms with E-state index in [2.05, 4.69) is 154 Å². The van der Waals surface area contributed by atoms with E-state index in [1.54, 1.807) is 0 Å². The number of halogens is 4. The van der Waals surface area contributed by atoms with Gasteiger partial charge in [-0.2, -0.15) is 0 Å². The van der Waals surface area contributed by atoms with Crippen molar-refractivity contribution in [1.29, 1.82) is 0 Å². The van der Waals surface area contributed by atoms with Gasteiger partial charge in [-0.05, 0) is 73.9 Å². The predicted octanol–water partition coefficient (Wildman–Crippen LogP) is 8.29. The molecule has 1 aromatic rings. The van der Waals surface area contributed by atoms with Gasteiger partial charge in [-0.25, -0.2) is 0 Å². The molecule has 26 heavy (non-hydrogen) atoms. The van der Waals surface area contributed by atoms with Crippen LogP contribution in [0.15, 0.2) is 18.2 Å². The number of hydrogen-bond acceptors (Lipinski definition) is 4. The Morgan fingerprint density at radius 3 is 2.12 bits per heavy atom. The fourth-order valence-corrected chi connectivity index (χ4v) is 4.51. The first kappa shape index (κ1) is 23.8. The Kier molecular flexibility index (Phi) is 12.5. The Labute approximate surface area is 219 Å². The van der Waals surface area contributed by atoms with Crippen LogP contribution in [0.4, 0.5) is 0 Å². The molecule has 2 atom stereocenters. The molecule has 0 amide bonds. The molecular formula is C18H6I4S4. The van der Waals surface area contributed by atoms with Gasteiger partial charge in [0, 0.05) is 95.9 Å². The van der Waals surface area contributed by atoms with Crippen LogP contribution in [-0.2, 0) is 0 Å². The van der Waals surface area contributed by atoms with E-state index in [1.807, 2.05) is 0 Å². The molecule has 0 fully saturated rings. The van der Waals surface area contributed by atoms with Crippen LogP contribution < -0.4 is 0 Å². The third kappa shape index (κ3) is 6.79. The van der Waals surface area contributed by atoms with Gasteiger partial charge >= 0.3 is 0 Å². The van der Waals surface area contributed by atoms with E-state index in [4.69, 9.17) is 0 Å². The summed E-state index contributed by atoms with van der Waals surface area (Å²) in [5.41, 5.74) is 4.23. The highest BCUT2D eigenvalue weighted by Gasteiger charge is 2.26. The summed E-state index contributed by atoms with van der Waals surface area (Å²) in [5.74, 6) is 13.3. The molecule has 0 nitrogen and oxygen atoms in total. The molecular weight excluding hydrogens is 852 g/mol. The Hall–Kier alpha value is 1.52. The molecule has 2 unspecified atom stereocenters. The zero-order valence-corrected chi connectivity index (χ0v) is 24.5. The molecule has 1 aliphatic rings. The summed E-state index contributed by atoms with van der Waals surface area (Å²) in [7, 11) is 5.95. The van der Waals surface area contributed by atoms with Crippen LogP contribution in [0.3, 0.4) is 0 Å². The fraction of sp³-hybridized carbons (Fsp3) is 0.111. The van der Waals surface area contributed by atoms with E-state index >= 15 is 0 Å². The first-order valence-corrected chi connectivity index (χ1v) is 20.2. The smallest absolute Gasteiger partial charge is 0.0640 e. The maximum absolute atomic E-state index is 3.38. The molecule has 0 radical (unpaired) electrons. The summed E-state index contributed by atoms with van der Waals surface area (Å²) >= 11 is 8.76. The van der Waals surface area contributed by atoms with Gasteiger partial charge < -0.3 is 0 Å². The summed E-state index contributed by atoms with van der Waals surface area (Å²) < 4.78 is 0. The molecule has 0 aliphatic heterocycles. The summed E-state index contributed by atoms with van der Waals surface area (Å²) in [6.07, 6.45) is 4.28. The second kappa shape index (κ2) is 13.7. The lowest BCUT2D eigenvalue weighted by molar-refractivity contribution is 0.742. The lowest BCUT2D eigenvalue weighted by atomic mass is 9.78. The highest BCUT2D eigenvalue weighted by Crippen LogP contribution is 2.37. The standard InChI is InChI=1S/C18H6I4S4/c19-23-9-5-13-1-3-17-16(8-12-26-22)14(6-10-24-20)2-4-18(17)15(13)7-11-25-21/h1-4,13,15H. The van der Waals surface area contributed by atoms with Gasteiger partial charge in [-0.3, -0.25) is 0 Å². The maximum atomic E-state index is 3.38. The van der Waals surface area contributed by atoms with Crippen LogP contribution in [0.2, 0.25) is 0 Å². The third-order valence-electron chi connectivity index (χ3n) is 3.40. The first-order chi connectivity index (χ1) is 12.8. The van der Waals surface area contributed by atoms with Crippen molar-refractivity contribution in [3.8, 4) is 44.7 Å². The topological polar surface area (TPSA) is 0 Å². The summed E-state index contributed by atoms with van der Waals surface area (Å²) in [6, 6.07) is 4.19. The first-order valence-electron chi connectivity index (χ1n) is 6.75. The van der Waals surface area contributed by atoms with Crippen LogP contribution in [0, 0.1) is 50.6 Å². The second-order valence-electron chi connectivity index (χ2n) is 4.61. The molecule has 0 saturated heterocycles. The molecule has 1 aromatic carbocycles. The minimum Gasteiger partial charge on any atom is -0.0812 e. The molecule has 0 saturated carbocycles. The minimum absolute atomic E-state index is 0.0436. The van der Waals surface area contributed by atoms with Gasteiger partial charge in [0.15, 0.2) is 0 Å². The van der Waals surface area contributed by atoms with Gasteiger partial charge in [0.05, 0.1) is 11.8 Å². The van der Waals surface area contributed by atoms with Crippen LogP contribution in [0.5, 0.6) is 0 Å². The molecule has 1 aliphatic carbocycles. The molecule has 8 heteroatoms. The van der Waals surface area contributed by atoms with Gasteiger partial charge in [-0.15, -0.1) is 0 Å². The lowest BCUT2D eigenvalue weighted by Crippen LogP contribution is -2.14.